The number of nitrogens with zero attached hydrogens (tertiary/aromatic N) is 8. The number of aromatic nitrogens is 5. The van der Waals surface area contributed by atoms with Crippen molar-refractivity contribution in [3.8, 4) is 17.6 Å². The molecule has 7 heterocycles. The number of anilines is 2. The van der Waals surface area contributed by atoms with Crippen molar-refractivity contribution in [2.75, 3.05) is 44.0 Å². The highest BCUT2D eigenvalue weighted by Gasteiger charge is 2.49. The van der Waals surface area contributed by atoms with E-state index < -0.39 is 5.41 Å². The highest BCUT2D eigenvalue weighted by molar-refractivity contribution is 7.16. The van der Waals surface area contributed by atoms with Crippen LogP contribution < -0.4 is 16.3 Å². The first-order valence-electron chi connectivity index (χ1n) is 16.8. The average Bonchev–Trinajstić information content (AvgIpc) is 3.89. The minimum atomic E-state index is -0.426. The second-order valence-electron chi connectivity index (χ2n) is 13.9. The maximum absolute atomic E-state index is 14.0. The zero-order valence-corrected chi connectivity index (χ0v) is 27.2. The van der Waals surface area contributed by atoms with Gasteiger partial charge in [0.2, 0.25) is 0 Å². The number of nitrogen functional groups attached to an aromatic ring is 1. The van der Waals surface area contributed by atoms with E-state index in [9.17, 15) is 10.1 Å². The van der Waals surface area contributed by atoms with Gasteiger partial charge in [0.05, 0.1) is 23.6 Å². The maximum Gasteiger partial charge on any atom is 0.330 e. The number of nitrogens with two attached hydrogens (primary N) is 1. The fourth-order valence-electron chi connectivity index (χ4n) is 9.41. The van der Waals surface area contributed by atoms with Gasteiger partial charge in [0.15, 0.2) is 28.7 Å². The summed E-state index contributed by atoms with van der Waals surface area (Å²) in [6, 6.07) is 2.96. The number of likely N-dealkylation sites (tertiary alicyclic amines) is 1. The van der Waals surface area contributed by atoms with Crippen molar-refractivity contribution >= 4 is 33.3 Å². The first-order chi connectivity index (χ1) is 22.4. The van der Waals surface area contributed by atoms with Crippen molar-refractivity contribution in [2.24, 2.45) is 0 Å². The molecule has 4 atom stereocenters. The summed E-state index contributed by atoms with van der Waals surface area (Å²) in [6.07, 6.45) is 8.54. The number of imidazole rings is 1. The van der Waals surface area contributed by atoms with Crippen LogP contribution in [-0.2, 0) is 29.5 Å². The highest BCUT2D eigenvalue weighted by Crippen LogP contribution is 2.55. The van der Waals surface area contributed by atoms with Gasteiger partial charge in [0.25, 0.3) is 0 Å². The first-order valence-corrected chi connectivity index (χ1v) is 17.6. The number of fused-ring (bicyclic) bond motifs is 4. The molecule has 13 heteroatoms. The molecule has 0 saturated carbocycles. The molecule has 2 fully saturated rings. The summed E-state index contributed by atoms with van der Waals surface area (Å²) < 4.78 is 15.8. The number of hydrogen-bond acceptors (Lipinski definition) is 11. The van der Waals surface area contributed by atoms with Crippen molar-refractivity contribution in [2.45, 2.75) is 94.8 Å². The summed E-state index contributed by atoms with van der Waals surface area (Å²) >= 11 is 1.54. The van der Waals surface area contributed by atoms with Gasteiger partial charge in [-0.05, 0) is 83.9 Å². The lowest BCUT2D eigenvalue weighted by atomic mass is 9.63. The zero-order chi connectivity index (χ0) is 31.3. The molecule has 4 unspecified atom stereocenters. The summed E-state index contributed by atoms with van der Waals surface area (Å²) in [5, 5.41) is 15.4. The first kappa shape index (κ1) is 28.5. The van der Waals surface area contributed by atoms with Crippen molar-refractivity contribution in [3.63, 3.8) is 0 Å². The zero-order valence-electron chi connectivity index (χ0n) is 26.4. The van der Waals surface area contributed by atoms with Crippen LogP contribution in [0.1, 0.15) is 85.2 Å². The van der Waals surface area contributed by atoms with E-state index in [0.29, 0.717) is 60.1 Å². The SMILES string of the molecule is CC(C1CCCN1C)N1CCn2c(=O)n(C3CCOC3)c3nc(-c4noc5c4CCCC54CCCc5sc(N)c(C#N)c54)nc1c32. The van der Waals surface area contributed by atoms with Gasteiger partial charge in [-0.2, -0.15) is 5.26 Å². The molecule has 5 aliphatic rings. The van der Waals surface area contributed by atoms with E-state index in [1.165, 1.54) is 11.3 Å². The average molecular weight is 642 g/mol. The standard InChI is InChI=1S/C33H39N9O3S/c1-18(22-7-5-12-39(22)2)40-13-14-41-26-30(40)36-29(37-31(26)42(32(41)43)19-9-15-44-17-19)25-20-6-3-10-33(27(20)45-38-25)11-4-8-23-24(33)21(16-34)28(35)46-23/h18-19,22H,3-15,17,35H2,1-2H3. The van der Waals surface area contributed by atoms with Crippen LogP contribution in [-0.4, -0.2) is 74.6 Å². The molecule has 4 aromatic rings. The summed E-state index contributed by atoms with van der Waals surface area (Å²) in [5.74, 6) is 2.13. The summed E-state index contributed by atoms with van der Waals surface area (Å²) in [4.78, 5) is 30.5. The molecule has 46 heavy (non-hydrogen) atoms. The van der Waals surface area contributed by atoms with Crippen molar-refractivity contribution in [1.29, 1.82) is 5.26 Å². The smallest absolute Gasteiger partial charge is 0.330 e. The van der Waals surface area contributed by atoms with E-state index in [-0.39, 0.29) is 17.8 Å². The predicted octanol–water partition coefficient (Wildman–Crippen LogP) is 3.99. The molecule has 4 aromatic heterocycles. The lowest BCUT2D eigenvalue weighted by molar-refractivity contribution is 0.186. The van der Waals surface area contributed by atoms with Crippen LogP contribution >= 0.6 is 11.3 Å². The quantitative estimate of drug-likeness (QED) is 0.347. The number of nitriles is 1. The molecule has 3 aliphatic heterocycles. The van der Waals surface area contributed by atoms with Gasteiger partial charge < -0.3 is 24.8 Å². The maximum atomic E-state index is 14.0. The molecule has 1 spiro atoms. The Kier molecular flexibility index (Phi) is 6.43. The van der Waals surface area contributed by atoms with Crippen molar-refractivity contribution in [3.05, 3.63) is 37.8 Å². The fraction of sp³-hybridized carbons (Fsp3) is 0.606. The van der Waals surface area contributed by atoms with Crippen LogP contribution in [0.4, 0.5) is 10.8 Å². The molecule has 0 amide bonds. The number of aryl methyl sites for hydroxylation is 1. The number of rotatable bonds is 4. The van der Waals surface area contributed by atoms with Crippen LogP contribution in [0.3, 0.4) is 0 Å². The van der Waals surface area contributed by atoms with Crippen LogP contribution in [0, 0.1) is 11.3 Å². The van der Waals surface area contributed by atoms with Gasteiger partial charge in [-0.25, -0.2) is 14.8 Å². The van der Waals surface area contributed by atoms with E-state index in [1.807, 2.05) is 9.13 Å². The Balaban J connectivity index is 1.24. The Bertz CT molecular complexity index is 1970. The number of likely N-dealkylation sites (N-methyl/N-ethyl adjacent to an activating group) is 1. The van der Waals surface area contributed by atoms with E-state index in [4.69, 9.17) is 30.1 Å². The van der Waals surface area contributed by atoms with Crippen LogP contribution in [0.25, 0.3) is 22.7 Å². The van der Waals surface area contributed by atoms with Crippen molar-refractivity contribution < 1.29 is 9.26 Å². The summed E-state index contributed by atoms with van der Waals surface area (Å²) in [6.45, 7) is 5.81. The second-order valence-corrected chi connectivity index (χ2v) is 15.0. The van der Waals surface area contributed by atoms with Gasteiger partial charge in [0.1, 0.15) is 16.6 Å². The van der Waals surface area contributed by atoms with E-state index in [0.717, 1.165) is 86.1 Å². The molecule has 0 radical (unpaired) electrons. The predicted molar refractivity (Wildman–Crippen MR) is 174 cm³/mol. The molecule has 2 aliphatic carbocycles. The van der Waals surface area contributed by atoms with E-state index in [1.54, 1.807) is 11.3 Å². The topological polar surface area (TPSA) is 144 Å². The number of hydrogen-bond donors (Lipinski definition) is 1. The Morgan fingerprint density at radius 1 is 1.13 bits per heavy atom. The van der Waals surface area contributed by atoms with E-state index in [2.05, 4.69) is 29.8 Å². The van der Waals surface area contributed by atoms with Gasteiger partial charge >= 0.3 is 5.69 Å². The lowest BCUT2D eigenvalue weighted by Gasteiger charge is -2.39. The molecule has 0 aromatic carbocycles. The summed E-state index contributed by atoms with van der Waals surface area (Å²) in [7, 11) is 2.21. The van der Waals surface area contributed by atoms with Crippen molar-refractivity contribution in [1.82, 2.24) is 29.2 Å². The number of ether oxygens (including phenoxy) is 1. The second kappa shape index (κ2) is 10.4. The molecule has 9 rings (SSSR count). The molecule has 240 valence electrons. The molecular weight excluding hydrogens is 602 g/mol. The van der Waals surface area contributed by atoms with Gasteiger partial charge in [0, 0.05) is 42.2 Å². The lowest BCUT2D eigenvalue weighted by Crippen LogP contribution is -2.50. The Hall–Kier alpha value is -3.73. The minimum absolute atomic E-state index is 0.0431. The van der Waals surface area contributed by atoms with Gasteiger partial charge in [-0.15, -0.1) is 11.3 Å². The van der Waals surface area contributed by atoms with Crippen LogP contribution in [0.15, 0.2) is 9.32 Å². The molecule has 12 nitrogen and oxygen atoms in total. The molecule has 2 saturated heterocycles. The van der Waals surface area contributed by atoms with Crippen LogP contribution in [0.2, 0.25) is 0 Å². The van der Waals surface area contributed by atoms with Gasteiger partial charge in [-0.1, -0.05) is 5.16 Å². The Morgan fingerprint density at radius 3 is 2.74 bits per heavy atom. The van der Waals surface area contributed by atoms with E-state index >= 15 is 0 Å². The minimum Gasteiger partial charge on any atom is -0.389 e. The highest BCUT2D eigenvalue weighted by atomic mass is 32.1. The van der Waals surface area contributed by atoms with Gasteiger partial charge in [-0.3, -0.25) is 9.13 Å². The third-order valence-electron chi connectivity index (χ3n) is 11.6. The Labute approximate surface area is 270 Å². The Morgan fingerprint density at radius 2 is 1.98 bits per heavy atom. The molecular formula is C33H39N9O3S. The largest absolute Gasteiger partial charge is 0.389 e. The summed E-state index contributed by atoms with van der Waals surface area (Å²) in [5.41, 5.74) is 10.7. The molecule has 0 bridgehead atoms. The third kappa shape index (κ3) is 3.83. The monoisotopic (exact) mass is 641 g/mol. The normalized spacial score (nSPS) is 26.5. The number of thiophene rings is 1. The van der Waals surface area contributed by atoms with Crippen LogP contribution in [0.5, 0.6) is 0 Å². The molecule has 2 N–H and O–H groups in total. The third-order valence-corrected chi connectivity index (χ3v) is 12.7. The fourth-order valence-corrected chi connectivity index (χ4v) is 10.6.